The largest absolute Gasteiger partial charge is 0.391 e. The van der Waals surface area contributed by atoms with Crippen molar-refractivity contribution in [3.8, 4) is 0 Å². The van der Waals surface area contributed by atoms with Crippen LogP contribution in [0.4, 0.5) is 0 Å². The second-order valence-corrected chi connectivity index (χ2v) is 5.94. The van der Waals surface area contributed by atoms with Crippen molar-refractivity contribution in [2.45, 2.75) is 50.9 Å². The van der Waals surface area contributed by atoms with Gasteiger partial charge in [0.25, 0.3) is 0 Å². The number of aromatic nitrogens is 2. The predicted octanol–water partition coefficient (Wildman–Crippen LogP) is 1.61. The van der Waals surface area contributed by atoms with Crippen LogP contribution >= 0.6 is 11.8 Å². The van der Waals surface area contributed by atoms with Gasteiger partial charge < -0.3 is 10.4 Å². The van der Waals surface area contributed by atoms with Gasteiger partial charge in [-0.3, -0.25) is 0 Å². The Morgan fingerprint density at radius 3 is 2.44 bits per heavy atom. The van der Waals surface area contributed by atoms with Crippen LogP contribution in [-0.2, 0) is 0 Å². The summed E-state index contributed by atoms with van der Waals surface area (Å²) in [4.78, 5) is 8.87. The molecule has 1 aliphatic rings. The van der Waals surface area contributed by atoms with Crippen LogP contribution in [0.15, 0.2) is 5.16 Å². The Kier molecular flexibility index (Phi) is 4.59. The average molecular weight is 267 g/mol. The molecule has 4 nitrogen and oxygen atoms in total. The fourth-order valence-electron chi connectivity index (χ4n) is 1.63. The van der Waals surface area contributed by atoms with Gasteiger partial charge in [-0.05, 0) is 39.2 Å². The molecule has 0 amide bonds. The number of hydrogen-bond donors (Lipinski definition) is 2. The normalized spacial score (nSPS) is 16.9. The fraction of sp³-hybridized carbons (Fsp3) is 0.692. The standard InChI is InChI=1S/C13H21N3OS/c1-8-9(2)15-13(16-10(8)3)18-7-12(17)6-14-11-4-5-11/h11-12,14,17H,4-7H2,1-3H3. The van der Waals surface area contributed by atoms with E-state index in [4.69, 9.17) is 0 Å². The van der Waals surface area contributed by atoms with E-state index in [1.54, 1.807) is 0 Å². The maximum Gasteiger partial charge on any atom is 0.188 e. The zero-order valence-electron chi connectivity index (χ0n) is 11.2. The van der Waals surface area contributed by atoms with E-state index >= 15 is 0 Å². The summed E-state index contributed by atoms with van der Waals surface area (Å²) >= 11 is 1.53. The number of aliphatic hydroxyl groups excluding tert-OH is 1. The van der Waals surface area contributed by atoms with Gasteiger partial charge in [0, 0.05) is 29.7 Å². The summed E-state index contributed by atoms with van der Waals surface area (Å²) in [5, 5.41) is 13.9. The third-order valence-corrected chi connectivity index (χ3v) is 4.23. The Bertz CT molecular complexity index is 398. The summed E-state index contributed by atoms with van der Waals surface area (Å²) < 4.78 is 0. The summed E-state index contributed by atoms with van der Waals surface area (Å²) in [6, 6.07) is 0.643. The van der Waals surface area contributed by atoms with E-state index in [1.165, 1.54) is 24.6 Å². The number of nitrogens with one attached hydrogen (secondary N) is 1. The molecular weight excluding hydrogens is 246 g/mol. The van der Waals surface area contributed by atoms with Crippen molar-refractivity contribution < 1.29 is 5.11 Å². The Labute approximate surface area is 113 Å². The molecule has 1 atom stereocenters. The molecule has 0 saturated heterocycles. The van der Waals surface area contributed by atoms with Crippen LogP contribution in [0.2, 0.25) is 0 Å². The minimum absolute atomic E-state index is 0.332. The van der Waals surface area contributed by atoms with E-state index in [0.717, 1.165) is 22.1 Å². The number of rotatable bonds is 6. The molecule has 0 radical (unpaired) electrons. The van der Waals surface area contributed by atoms with E-state index in [-0.39, 0.29) is 6.10 Å². The van der Waals surface area contributed by atoms with Crippen molar-refractivity contribution in [3.63, 3.8) is 0 Å². The lowest BCUT2D eigenvalue weighted by molar-refractivity contribution is 0.195. The number of nitrogens with zero attached hydrogens (tertiary/aromatic N) is 2. The molecule has 1 heterocycles. The average Bonchev–Trinajstić information content (AvgIpc) is 3.14. The first-order chi connectivity index (χ1) is 8.56. The highest BCUT2D eigenvalue weighted by atomic mass is 32.2. The van der Waals surface area contributed by atoms with Gasteiger partial charge in [-0.2, -0.15) is 0 Å². The van der Waals surface area contributed by atoms with Gasteiger partial charge in [0.15, 0.2) is 5.16 Å². The van der Waals surface area contributed by atoms with Crippen LogP contribution in [0.25, 0.3) is 0 Å². The van der Waals surface area contributed by atoms with E-state index in [2.05, 4.69) is 15.3 Å². The number of hydrogen-bond acceptors (Lipinski definition) is 5. The fourth-order valence-corrected chi connectivity index (χ4v) is 2.49. The number of aliphatic hydroxyl groups is 1. The van der Waals surface area contributed by atoms with E-state index in [0.29, 0.717) is 18.3 Å². The molecule has 0 bridgehead atoms. The number of thioether (sulfide) groups is 1. The van der Waals surface area contributed by atoms with Crippen molar-refractivity contribution in [1.29, 1.82) is 0 Å². The topological polar surface area (TPSA) is 58.0 Å². The molecule has 1 fully saturated rings. The smallest absolute Gasteiger partial charge is 0.188 e. The molecular formula is C13H21N3OS. The Hall–Kier alpha value is -0.650. The molecule has 0 aliphatic heterocycles. The molecule has 1 aromatic heterocycles. The molecule has 0 aromatic carbocycles. The minimum atomic E-state index is -0.332. The third-order valence-electron chi connectivity index (χ3n) is 3.24. The first kappa shape index (κ1) is 13.8. The Balaban J connectivity index is 1.81. The maximum absolute atomic E-state index is 9.84. The Morgan fingerprint density at radius 2 is 1.89 bits per heavy atom. The quantitative estimate of drug-likeness (QED) is 0.606. The van der Waals surface area contributed by atoms with Crippen molar-refractivity contribution >= 4 is 11.8 Å². The third kappa shape index (κ3) is 3.93. The second-order valence-electron chi connectivity index (χ2n) is 4.95. The Morgan fingerprint density at radius 1 is 1.28 bits per heavy atom. The first-order valence-electron chi connectivity index (χ1n) is 6.42. The molecule has 5 heteroatoms. The second kappa shape index (κ2) is 5.99. The zero-order chi connectivity index (χ0) is 13.1. The summed E-state index contributed by atoms with van der Waals surface area (Å²) in [6.45, 7) is 6.70. The monoisotopic (exact) mass is 267 g/mol. The van der Waals surface area contributed by atoms with E-state index < -0.39 is 0 Å². The summed E-state index contributed by atoms with van der Waals surface area (Å²) in [5.74, 6) is 0.641. The van der Waals surface area contributed by atoms with Crippen LogP contribution in [-0.4, -0.2) is 39.5 Å². The van der Waals surface area contributed by atoms with Crippen LogP contribution in [0.5, 0.6) is 0 Å². The van der Waals surface area contributed by atoms with Crippen molar-refractivity contribution in [2.24, 2.45) is 0 Å². The van der Waals surface area contributed by atoms with Gasteiger partial charge in [-0.15, -0.1) is 0 Å². The molecule has 18 heavy (non-hydrogen) atoms. The maximum atomic E-state index is 9.84. The molecule has 1 aliphatic carbocycles. The molecule has 1 unspecified atom stereocenters. The summed E-state index contributed by atoms with van der Waals surface area (Å²) in [7, 11) is 0. The highest BCUT2D eigenvalue weighted by Gasteiger charge is 2.21. The predicted molar refractivity (Wildman–Crippen MR) is 74.0 cm³/mol. The van der Waals surface area contributed by atoms with Crippen LogP contribution in [0.1, 0.15) is 29.8 Å². The molecule has 2 N–H and O–H groups in total. The first-order valence-corrected chi connectivity index (χ1v) is 7.41. The van der Waals surface area contributed by atoms with Crippen LogP contribution in [0, 0.1) is 20.8 Å². The molecule has 100 valence electrons. The minimum Gasteiger partial charge on any atom is -0.391 e. The SMILES string of the molecule is Cc1nc(SCC(O)CNC2CC2)nc(C)c1C. The summed E-state index contributed by atoms with van der Waals surface area (Å²) in [6.07, 6.45) is 2.17. The van der Waals surface area contributed by atoms with Crippen molar-refractivity contribution in [3.05, 3.63) is 17.0 Å². The van der Waals surface area contributed by atoms with Crippen LogP contribution < -0.4 is 5.32 Å². The van der Waals surface area contributed by atoms with Crippen molar-refractivity contribution in [2.75, 3.05) is 12.3 Å². The highest BCUT2D eigenvalue weighted by Crippen LogP contribution is 2.20. The van der Waals surface area contributed by atoms with E-state index in [1.807, 2.05) is 20.8 Å². The van der Waals surface area contributed by atoms with Crippen LogP contribution in [0.3, 0.4) is 0 Å². The van der Waals surface area contributed by atoms with Gasteiger partial charge in [0.2, 0.25) is 0 Å². The molecule has 0 spiro atoms. The highest BCUT2D eigenvalue weighted by molar-refractivity contribution is 7.99. The zero-order valence-corrected chi connectivity index (χ0v) is 12.0. The van der Waals surface area contributed by atoms with Gasteiger partial charge in [0.05, 0.1) is 6.10 Å². The van der Waals surface area contributed by atoms with Gasteiger partial charge in [-0.25, -0.2) is 9.97 Å². The van der Waals surface area contributed by atoms with E-state index in [9.17, 15) is 5.11 Å². The molecule has 1 aromatic rings. The lowest BCUT2D eigenvalue weighted by atomic mass is 10.2. The molecule has 1 saturated carbocycles. The lowest BCUT2D eigenvalue weighted by Gasteiger charge is -2.11. The van der Waals surface area contributed by atoms with Gasteiger partial charge >= 0.3 is 0 Å². The summed E-state index contributed by atoms with van der Waals surface area (Å²) in [5.41, 5.74) is 3.20. The van der Waals surface area contributed by atoms with Crippen molar-refractivity contribution in [1.82, 2.24) is 15.3 Å². The van der Waals surface area contributed by atoms with Gasteiger partial charge in [0.1, 0.15) is 0 Å². The molecule has 2 rings (SSSR count). The number of aryl methyl sites for hydroxylation is 2. The lowest BCUT2D eigenvalue weighted by Crippen LogP contribution is -2.29. The van der Waals surface area contributed by atoms with Gasteiger partial charge in [-0.1, -0.05) is 11.8 Å².